The number of Topliss-reactive ketones (excluding diaryl/α,β-unsaturated/α-hetero) is 1. The van der Waals surface area contributed by atoms with Crippen molar-refractivity contribution in [2.45, 2.75) is 20.4 Å². The second kappa shape index (κ2) is 8.24. The van der Waals surface area contributed by atoms with Gasteiger partial charge in [-0.05, 0) is 24.6 Å². The number of rotatable bonds is 6. The summed E-state index contributed by atoms with van der Waals surface area (Å²) in [6.07, 6.45) is 0. The van der Waals surface area contributed by atoms with Gasteiger partial charge in [0.15, 0.2) is 5.78 Å². The summed E-state index contributed by atoms with van der Waals surface area (Å²) in [5.74, 6) is -0.507. The van der Waals surface area contributed by atoms with E-state index in [4.69, 9.17) is 0 Å². The number of anilines is 1. The summed E-state index contributed by atoms with van der Waals surface area (Å²) in [4.78, 5) is 39.0. The van der Waals surface area contributed by atoms with Crippen LogP contribution in [-0.2, 0) is 16.1 Å². The smallest absolute Gasteiger partial charge is 0.242 e. The normalized spacial score (nSPS) is 10.2. The molecule has 130 valence electrons. The number of amides is 2. The van der Waals surface area contributed by atoms with E-state index in [-0.39, 0.29) is 24.1 Å². The van der Waals surface area contributed by atoms with Gasteiger partial charge in [-0.25, -0.2) is 0 Å². The van der Waals surface area contributed by atoms with Crippen molar-refractivity contribution in [2.24, 2.45) is 0 Å². The van der Waals surface area contributed by atoms with E-state index in [0.29, 0.717) is 17.8 Å². The van der Waals surface area contributed by atoms with Gasteiger partial charge in [-0.2, -0.15) is 0 Å². The molecule has 2 aromatic carbocycles. The van der Waals surface area contributed by atoms with E-state index >= 15 is 0 Å². The van der Waals surface area contributed by atoms with Crippen molar-refractivity contribution in [2.75, 3.05) is 18.5 Å². The van der Waals surface area contributed by atoms with E-state index in [0.717, 1.165) is 5.56 Å². The second-order valence-corrected chi connectivity index (χ2v) is 5.95. The molecule has 0 N–H and O–H groups in total. The fourth-order valence-electron chi connectivity index (χ4n) is 2.48. The molecule has 2 rings (SSSR count). The largest absolute Gasteiger partial charge is 0.340 e. The molecule has 0 spiro atoms. The van der Waals surface area contributed by atoms with Crippen LogP contribution < -0.4 is 4.90 Å². The van der Waals surface area contributed by atoms with Crippen molar-refractivity contribution >= 4 is 23.3 Å². The van der Waals surface area contributed by atoms with Gasteiger partial charge in [0.25, 0.3) is 0 Å². The number of likely N-dealkylation sites (N-methyl/N-ethyl adjacent to an activating group) is 1. The average molecular weight is 338 g/mol. The fraction of sp³-hybridized carbons (Fsp3) is 0.250. The Morgan fingerprint density at radius 1 is 0.920 bits per heavy atom. The van der Waals surface area contributed by atoms with Gasteiger partial charge < -0.3 is 9.80 Å². The Balaban J connectivity index is 2.13. The molecule has 0 saturated heterocycles. The maximum Gasteiger partial charge on any atom is 0.242 e. The lowest BCUT2D eigenvalue weighted by molar-refractivity contribution is -0.130. The molecule has 0 aliphatic rings. The monoisotopic (exact) mass is 338 g/mol. The van der Waals surface area contributed by atoms with Crippen molar-refractivity contribution in [1.82, 2.24) is 4.90 Å². The molecule has 0 heterocycles. The SMILES string of the molecule is CC(=O)c1cccc(N(CC(=O)N(C)Cc2ccccc2)C(C)=O)c1. The summed E-state index contributed by atoms with van der Waals surface area (Å²) in [6.45, 7) is 3.28. The first-order valence-electron chi connectivity index (χ1n) is 8.05. The molecule has 0 saturated carbocycles. The van der Waals surface area contributed by atoms with Gasteiger partial charge in [0.1, 0.15) is 6.54 Å². The molecular formula is C20H22N2O3. The van der Waals surface area contributed by atoms with Gasteiger partial charge in [0, 0.05) is 31.8 Å². The third kappa shape index (κ3) is 5.01. The zero-order valence-electron chi connectivity index (χ0n) is 14.7. The summed E-state index contributed by atoms with van der Waals surface area (Å²) in [5.41, 5.74) is 2.07. The number of carbonyl (C=O) groups excluding carboxylic acids is 3. The van der Waals surface area contributed by atoms with Gasteiger partial charge >= 0.3 is 0 Å². The van der Waals surface area contributed by atoms with Crippen LogP contribution in [0, 0.1) is 0 Å². The van der Waals surface area contributed by atoms with Crippen LogP contribution in [-0.4, -0.2) is 36.1 Å². The predicted octanol–water partition coefficient (Wildman–Crippen LogP) is 2.90. The summed E-state index contributed by atoms with van der Waals surface area (Å²) >= 11 is 0. The first-order valence-corrected chi connectivity index (χ1v) is 8.05. The Labute approximate surface area is 147 Å². The maximum absolute atomic E-state index is 12.5. The minimum atomic E-state index is -0.248. The summed E-state index contributed by atoms with van der Waals surface area (Å²) in [6, 6.07) is 16.4. The molecule has 0 aliphatic heterocycles. The standard InChI is InChI=1S/C20H22N2O3/c1-15(23)18-10-7-11-19(12-18)22(16(2)24)14-20(25)21(3)13-17-8-5-4-6-9-17/h4-12H,13-14H2,1-3H3. The summed E-state index contributed by atoms with van der Waals surface area (Å²) in [5, 5.41) is 0. The highest BCUT2D eigenvalue weighted by Crippen LogP contribution is 2.17. The highest BCUT2D eigenvalue weighted by atomic mass is 16.2. The van der Waals surface area contributed by atoms with E-state index in [9.17, 15) is 14.4 Å². The topological polar surface area (TPSA) is 57.7 Å². The molecule has 0 radical (unpaired) electrons. The lowest BCUT2D eigenvalue weighted by atomic mass is 10.1. The van der Waals surface area contributed by atoms with E-state index in [1.54, 1.807) is 36.2 Å². The number of ketones is 1. The van der Waals surface area contributed by atoms with Gasteiger partial charge in [-0.1, -0.05) is 42.5 Å². The first kappa shape index (κ1) is 18.4. The van der Waals surface area contributed by atoms with E-state index < -0.39 is 0 Å². The quantitative estimate of drug-likeness (QED) is 0.761. The Kier molecular flexibility index (Phi) is 6.06. The molecule has 0 fully saturated rings. The summed E-state index contributed by atoms with van der Waals surface area (Å²) < 4.78 is 0. The second-order valence-electron chi connectivity index (χ2n) is 5.95. The molecule has 5 heteroatoms. The average Bonchev–Trinajstić information content (AvgIpc) is 2.60. The predicted molar refractivity (Wildman–Crippen MR) is 97.4 cm³/mol. The van der Waals surface area contributed by atoms with Crippen LogP contribution in [0.3, 0.4) is 0 Å². The van der Waals surface area contributed by atoms with Crippen LogP contribution in [0.5, 0.6) is 0 Å². The van der Waals surface area contributed by atoms with Crippen LogP contribution in [0.25, 0.3) is 0 Å². The zero-order chi connectivity index (χ0) is 18.4. The Morgan fingerprint density at radius 3 is 2.20 bits per heavy atom. The van der Waals surface area contributed by atoms with Gasteiger partial charge in [0.05, 0.1) is 0 Å². The van der Waals surface area contributed by atoms with Crippen LogP contribution >= 0.6 is 0 Å². The molecule has 2 amide bonds. The van der Waals surface area contributed by atoms with Crippen molar-refractivity contribution in [3.63, 3.8) is 0 Å². The third-order valence-electron chi connectivity index (χ3n) is 3.93. The van der Waals surface area contributed by atoms with Crippen LogP contribution in [0.2, 0.25) is 0 Å². The van der Waals surface area contributed by atoms with Crippen molar-refractivity contribution in [3.05, 3.63) is 65.7 Å². The fourth-order valence-corrected chi connectivity index (χ4v) is 2.48. The molecule has 0 aliphatic carbocycles. The minimum Gasteiger partial charge on any atom is -0.340 e. The van der Waals surface area contributed by atoms with Gasteiger partial charge in [0.2, 0.25) is 11.8 Å². The maximum atomic E-state index is 12.5. The van der Waals surface area contributed by atoms with Crippen LogP contribution in [0.1, 0.15) is 29.8 Å². The van der Waals surface area contributed by atoms with Crippen LogP contribution in [0.15, 0.2) is 54.6 Å². The third-order valence-corrected chi connectivity index (χ3v) is 3.93. The van der Waals surface area contributed by atoms with Crippen LogP contribution in [0.4, 0.5) is 5.69 Å². The van der Waals surface area contributed by atoms with Crippen molar-refractivity contribution in [3.8, 4) is 0 Å². The Hall–Kier alpha value is -2.95. The number of hydrogen-bond donors (Lipinski definition) is 0. The lowest BCUT2D eigenvalue weighted by Crippen LogP contribution is -2.40. The minimum absolute atomic E-state index is 0.0694. The Morgan fingerprint density at radius 2 is 1.60 bits per heavy atom. The van der Waals surface area contributed by atoms with Gasteiger partial charge in [-0.3, -0.25) is 14.4 Å². The van der Waals surface area contributed by atoms with Gasteiger partial charge in [-0.15, -0.1) is 0 Å². The van der Waals surface area contributed by atoms with Crippen molar-refractivity contribution < 1.29 is 14.4 Å². The molecule has 0 atom stereocenters. The highest BCUT2D eigenvalue weighted by molar-refractivity contribution is 6.00. The molecule has 0 aromatic heterocycles. The van der Waals surface area contributed by atoms with E-state index in [2.05, 4.69) is 0 Å². The van der Waals surface area contributed by atoms with E-state index in [1.165, 1.54) is 18.7 Å². The molecule has 2 aromatic rings. The number of carbonyl (C=O) groups is 3. The highest BCUT2D eigenvalue weighted by Gasteiger charge is 2.19. The number of benzene rings is 2. The number of nitrogens with zero attached hydrogens (tertiary/aromatic N) is 2. The molecule has 5 nitrogen and oxygen atoms in total. The van der Waals surface area contributed by atoms with E-state index in [1.807, 2.05) is 30.3 Å². The molecular weight excluding hydrogens is 316 g/mol. The number of hydrogen-bond acceptors (Lipinski definition) is 3. The first-order chi connectivity index (χ1) is 11.9. The van der Waals surface area contributed by atoms with Crippen molar-refractivity contribution in [1.29, 1.82) is 0 Å². The zero-order valence-corrected chi connectivity index (χ0v) is 14.7. The molecule has 0 bridgehead atoms. The Bertz CT molecular complexity index is 772. The molecule has 0 unspecified atom stereocenters. The molecule has 25 heavy (non-hydrogen) atoms. The summed E-state index contributed by atoms with van der Waals surface area (Å²) in [7, 11) is 1.71. The lowest BCUT2D eigenvalue weighted by Gasteiger charge is -2.25.